The fourth-order valence-electron chi connectivity index (χ4n) is 1.84. The van der Waals surface area contributed by atoms with Crippen molar-refractivity contribution in [2.24, 2.45) is 5.92 Å². The Hall–Kier alpha value is -1.88. The first-order valence-corrected chi connectivity index (χ1v) is 7.08. The molecule has 0 saturated heterocycles. The molecule has 0 spiro atoms. The summed E-state index contributed by atoms with van der Waals surface area (Å²) in [5.41, 5.74) is 1.53. The van der Waals surface area contributed by atoms with Gasteiger partial charge in [0.1, 0.15) is 0 Å². The standard InChI is InChI=1S/C16H24N2O3/c1-11(2)14(19)9-15(20)18(4)10-12-5-7-13(8-6-12)16(21)17-3/h5-8,11,14,19H,9-10H2,1-4H3,(H,17,21). The molecule has 0 saturated carbocycles. The second kappa shape index (κ2) is 7.78. The van der Waals surface area contributed by atoms with Gasteiger partial charge in [0.15, 0.2) is 0 Å². The summed E-state index contributed by atoms with van der Waals surface area (Å²) in [6, 6.07) is 7.12. The largest absolute Gasteiger partial charge is 0.392 e. The van der Waals surface area contributed by atoms with Crippen molar-refractivity contribution in [3.05, 3.63) is 35.4 Å². The van der Waals surface area contributed by atoms with Crippen LogP contribution in [0.5, 0.6) is 0 Å². The maximum absolute atomic E-state index is 12.0. The predicted octanol–water partition coefficient (Wildman–Crippen LogP) is 1.41. The Bertz CT molecular complexity index is 483. The molecule has 1 atom stereocenters. The third-order valence-corrected chi connectivity index (χ3v) is 3.44. The molecule has 21 heavy (non-hydrogen) atoms. The van der Waals surface area contributed by atoms with E-state index in [1.54, 1.807) is 31.1 Å². The molecule has 0 aliphatic rings. The second-order valence-electron chi connectivity index (χ2n) is 5.54. The average Bonchev–Trinajstić information content (AvgIpc) is 2.46. The van der Waals surface area contributed by atoms with Gasteiger partial charge < -0.3 is 15.3 Å². The number of hydrogen-bond acceptors (Lipinski definition) is 3. The molecule has 2 amide bonds. The zero-order chi connectivity index (χ0) is 16.0. The van der Waals surface area contributed by atoms with Crippen LogP contribution < -0.4 is 5.32 Å². The van der Waals surface area contributed by atoms with Gasteiger partial charge in [0, 0.05) is 26.2 Å². The van der Waals surface area contributed by atoms with Gasteiger partial charge in [0.05, 0.1) is 12.5 Å². The molecule has 1 unspecified atom stereocenters. The molecule has 0 aliphatic heterocycles. The molecule has 2 N–H and O–H groups in total. The highest BCUT2D eigenvalue weighted by atomic mass is 16.3. The predicted molar refractivity (Wildman–Crippen MR) is 81.8 cm³/mol. The Morgan fingerprint density at radius 2 is 1.81 bits per heavy atom. The molecule has 5 heteroatoms. The van der Waals surface area contributed by atoms with Crippen molar-refractivity contribution in [1.29, 1.82) is 0 Å². The van der Waals surface area contributed by atoms with Crippen LogP contribution in [0.25, 0.3) is 0 Å². The van der Waals surface area contributed by atoms with Gasteiger partial charge in [-0.25, -0.2) is 0 Å². The summed E-state index contributed by atoms with van der Waals surface area (Å²) >= 11 is 0. The minimum Gasteiger partial charge on any atom is -0.392 e. The normalized spacial score (nSPS) is 12.1. The molecule has 5 nitrogen and oxygen atoms in total. The van der Waals surface area contributed by atoms with Gasteiger partial charge >= 0.3 is 0 Å². The minimum atomic E-state index is -0.615. The van der Waals surface area contributed by atoms with E-state index in [-0.39, 0.29) is 24.2 Å². The third kappa shape index (κ3) is 5.19. The van der Waals surface area contributed by atoms with Crippen molar-refractivity contribution in [2.45, 2.75) is 32.9 Å². The van der Waals surface area contributed by atoms with Crippen LogP contribution in [0.4, 0.5) is 0 Å². The van der Waals surface area contributed by atoms with Crippen molar-refractivity contribution < 1.29 is 14.7 Å². The number of benzene rings is 1. The lowest BCUT2D eigenvalue weighted by Crippen LogP contribution is -2.31. The number of rotatable bonds is 6. The lowest BCUT2D eigenvalue weighted by Gasteiger charge is -2.21. The maximum Gasteiger partial charge on any atom is 0.251 e. The summed E-state index contributed by atoms with van der Waals surface area (Å²) in [6.45, 7) is 4.22. The Kier molecular flexibility index (Phi) is 6.37. The Morgan fingerprint density at radius 1 is 1.24 bits per heavy atom. The van der Waals surface area contributed by atoms with E-state index in [9.17, 15) is 14.7 Å². The lowest BCUT2D eigenvalue weighted by atomic mass is 10.0. The average molecular weight is 292 g/mol. The minimum absolute atomic E-state index is 0.0641. The summed E-state index contributed by atoms with van der Waals surface area (Å²) < 4.78 is 0. The van der Waals surface area contributed by atoms with Gasteiger partial charge in [0.2, 0.25) is 5.91 Å². The number of aliphatic hydroxyl groups excluding tert-OH is 1. The van der Waals surface area contributed by atoms with Crippen LogP contribution in [0.15, 0.2) is 24.3 Å². The molecule has 0 fully saturated rings. The van der Waals surface area contributed by atoms with Crippen LogP contribution in [0.3, 0.4) is 0 Å². The Labute approximate surface area is 126 Å². The number of hydrogen-bond donors (Lipinski definition) is 2. The van der Waals surface area contributed by atoms with E-state index in [2.05, 4.69) is 5.32 Å². The highest BCUT2D eigenvalue weighted by molar-refractivity contribution is 5.93. The quantitative estimate of drug-likeness (QED) is 0.833. The molecule has 1 rings (SSSR count). The van der Waals surface area contributed by atoms with Gasteiger partial charge in [-0.2, -0.15) is 0 Å². The number of nitrogens with zero attached hydrogens (tertiary/aromatic N) is 1. The summed E-state index contributed by atoms with van der Waals surface area (Å²) in [5, 5.41) is 12.3. The number of aliphatic hydroxyl groups is 1. The molecule has 116 valence electrons. The van der Waals surface area contributed by atoms with E-state index in [0.29, 0.717) is 12.1 Å². The number of carbonyl (C=O) groups excluding carboxylic acids is 2. The van der Waals surface area contributed by atoms with Gasteiger partial charge in [0.25, 0.3) is 5.91 Å². The Balaban J connectivity index is 2.60. The van der Waals surface area contributed by atoms with E-state index >= 15 is 0 Å². The molecular weight excluding hydrogens is 268 g/mol. The van der Waals surface area contributed by atoms with Crippen LogP contribution in [0.1, 0.15) is 36.2 Å². The van der Waals surface area contributed by atoms with Crippen molar-refractivity contribution in [3.63, 3.8) is 0 Å². The summed E-state index contributed by atoms with van der Waals surface area (Å²) in [6.07, 6.45) is -0.486. The third-order valence-electron chi connectivity index (χ3n) is 3.44. The van der Waals surface area contributed by atoms with Crippen molar-refractivity contribution >= 4 is 11.8 Å². The highest BCUT2D eigenvalue weighted by Gasteiger charge is 2.17. The molecule has 0 heterocycles. The first-order chi connectivity index (χ1) is 9.85. The molecule has 0 aromatic heterocycles. The van der Waals surface area contributed by atoms with Gasteiger partial charge in [-0.3, -0.25) is 9.59 Å². The Morgan fingerprint density at radius 3 is 2.29 bits per heavy atom. The molecule has 1 aromatic carbocycles. The van der Waals surface area contributed by atoms with Crippen LogP contribution in [0.2, 0.25) is 0 Å². The monoisotopic (exact) mass is 292 g/mol. The molecule has 0 radical (unpaired) electrons. The van der Waals surface area contributed by atoms with E-state index in [1.807, 2.05) is 26.0 Å². The first kappa shape index (κ1) is 17.2. The van der Waals surface area contributed by atoms with E-state index < -0.39 is 6.10 Å². The number of amides is 2. The number of carbonyl (C=O) groups is 2. The van der Waals surface area contributed by atoms with E-state index in [1.165, 1.54) is 0 Å². The first-order valence-electron chi connectivity index (χ1n) is 7.08. The lowest BCUT2D eigenvalue weighted by molar-refractivity contribution is -0.133. The fourth-order valence-corrected chi connectivity index (χ4v) is 1.84. The smallest absolute Gasteiger partial charge is 0.251 e. The fraction of sp³-hybridized carbons (Fsp3) is 0.500. The van der Waals surface area contributed by atoms with E-state index in [0.717, 1.165) is 5.56 Å². The molecule has 0 aliphatic carbocycles. The molecule has 1 aromatic rings. The van der Waals surface area contributed by atoms with Crippen molar-refractivity contribution in [3.8, 4) is 0 Å². The summed E-state index contributed by atoms with van der Waals surface area (Å²) in [4.78, 5) is 25.0. The second-order valence-corrected chi connectivity index (χ2v) is 5.54. The molecule has 0 bridgehead atoms. The number of nitrogens with one attached hydrogen (secondary N) is 1. The van der Waals surface area contributed by atoms with Crippen LogP contribution in [-0.2, 0) is 11.3 Å². The zero-order valence-corrected chi connectivity index (χ0v) is 13.1. The summed E-state index contributed by atoms with van der Waals surface area (Å²) in [7, 11) is 3.30. The highest BCUT2D eigenvalue weighted by Crippen LogP contribution is 2.11. The SMILES string of the molecule is CNC(=O)c1ccc(CN(C)C(=O)CC(O)C(C)C)cc1. The van der Waals surface area contributed by atoms with Gasteiger partial charge in [-0.1, -0.05) is 26.0 Å². The topological polar surface area (TPSA) is 69.6 Å². The molecular formula is C16H24N2O3. The zero-order valence-electron chi connectivity index (χ0n) is 13.1. The van der Waals surface area contributed by atoms with Crippen LogP contribution in [0, 0.1) is 5.92 Å². The van der Waals surface area contributed by atoms with Gasteiger partial charge in [-0.15, -0.1) is 0 Å². The summed E-state index contributed by atoms with van der Waals surface area (Å²) in [5.74, 6) is -0.160. The van der Waals surface area contributed by atoms with Gasteiger partial charge in [-0.05, 0) is 23.6 Å². The van der Waals surface area contributed by atoms with Crippen LogP contribution in [-0.4, -0.2) is 42.0 Å². The van der Waals surface area contributed by atoms with Crippen LogP contribution >= 0.6 is 0 Å². The maximum atomic E-state index is 12.0. The van der Waals surface area contributed by atoms with Crippen molar-refractivity contribution in [2.75, 3.05) is 14.1 Å². The van der Waals surface area contributed by atoms with E-state index in [4.69, 9.17) is 0 Å². The van der Waals surface area contributed by atoms with Crippen molar-refractivity contribution in [1.82, 2.24) is 10.2 Å².